The lowest BCUT2D eigenvalue weighted by Crippen LogP contribution is -2.59. The Balaban J connectivity index is 0.00000109. The minimum absolute atomic E-state index is 0.0183. The zero-order valence-corrected chi connectivity index (χ0v) is 25.7. The number of methoxy groups -OCH3 is 1. The number of carbonyl (C=O) groups is 5. The maximum Gasteiger partial charge on any atom is 0.246 e. The number of nitrogens with one attached hydrogen (secondary N) is 3. The van der Waals surface area contributed by atoms with E-state index >= 15 is 0 Å². The number of ether oxygens (including phenoxy) is 1. The van der Waals surface area contributed by atoms with Crippen molar-refractivity contribution >= 4 is 30.7 Å². The molecule has 13 heteroatoms. The Morgan fingerprint density at radius 3 is 2.20 bits per heavy atom. The lowest BCUT2D eigenvalue weighted by Gasteiger charge is -2.32. The van der Waals surface area contributed by atoms with Crippen molar-refractivity contribution in [1.29, 1.82) is 0 Å². The summed E-state index contributed by atoms with van der Waals surface area (Å²) in [4.78, 5) is 58.7. The van der Waals surface area contributed by atoms with Crippen LogP contribution in [-0.4, -0.2) is 87.0 Å². The largest absolute Gasteiger partial charge is 0.554 e. The normalized spacial score (nSPS) is 20.9. The van der Waals surface area contributed by atoms with Gasteiger partial charge in [-0.25, -0.2) is 0 Å². The highest BCUT2D eigenvalue weighted by Gasteiger charge is 2.47. The van der Waals surface area contributed by atoms with Crippen molar-refractivity contribution in [2.24, 2.45) is 11.7 Å². The fraction of sp³-hybridized carbons (Fsp3) is 0.469. The SMILES string of the molecule is CN[C@H](Cc1ccccc1)C(=O)N[C@@H]1C(=O)N2[C@@H](CC[C@@H]1CN)CC[C@H]2C(=O)NCCc1ccc(OC)cc1.O=C[O-].O=C[O-]. The third-order valence-corrected chi connectivity index (χ3v) is 8.09. The third kappa shape index (κ3) is 10.9. The lowest BCUT2D eigenvalue weighted by atomic mass is 9.93. The summed E-state index contributed by atoms with van der Waals surface area (Å²) in [7, 11) is 3.37. The summed E-state index contributed by atoms with van der Waals surface area (Å²) in [6, 6.07) is 15.7. The third-order valence-electron chi connectivity index (χ3n) is 8.09. The number of likely N-dealkylation sites (N-methyl/N-ethyl adjacent to an activating group) is 1. The monoisotopic (exact) mass is 625 g/mol. The highest BCUT2D eigenvalue weighted by Crippen LogP contribution is 2.34. The fourth-order valence-electron chi connectivity index (χ4n) is 5.80. The first-order chi connectivity index (χ1) is 21.8. The van der Waals surface area contributed by atoms with E-state index in [-0.39, 0.29) is 29.7 Å². The molecular weight excluding hydrogens is 582 g/mol. The summed E-state index contributed by atoms with van der Waals surface area (Å²) in [6.07, 6.45) is 4.07. The van der Waals surface area contributed by atoms with Gasteiger partial charge in [0.1, 0.15) is 17.8 Å². The van der Waals surface area contributed by atoms with Gasteiger partial charge in [0.15, 0.2) is 0 Å². The Morgan fingerprint density at radius 2 is 1.62 bits per heavy atom. The molecule has 0 radical (unpaired) electrons. The Morgan fingerprint density at radius 1 is 1.00 bits per heavy atom. The van der Waals surface area contributed by atoms with E-state index in [0.29, 0.717) is 32.4 Å². The minimum Gasteiger partial charge on any atom is -0.554 e. The van der Waals surface area contributed by atoms with Crippen molar-refractivity contribution in [2.75, 3.05) is 27.2 Å². The van der Waals surface area contributed by atoms with Gasteiger partial charge < -0.3 is 51.1 Å². The van der Waals surface area contributed by atoms with E-state index in [4.69, 9.17) is 30.3 Å². The van der Waals surface area contributed by atoms with Crippen LogP contribution in [0.2, 0.25) is 0 Å². The molecule has 0 spiro atoms. The summed E-state index contributed by atoms with van der Waals surface area (Å²) >= 11 is 0. The second-order valence-corrected chi connectivity index (χ2v) is 10.7. The number of benzene rings is 2. The molecule has 2 heterocycles. The molecule has 246 valence electrons. The van der Waals surface area contributed by atoms with E-state index in [9.17, 15) is 14.4 Å². The van der Waals surface area contributed by atoms with E-state index in [1.54, 1.807) is 19.1 Å². The molecule has 5 atom stereocenters. The van der Waals surface area contributed by atoms with E-state index in [2.05, 4.69) is 16.0 Å². The van der Waals surface area contributed by atoms with Crippen LogP contribution in [0, 0.1) is 5.92 Å². The Bertz CT molecular complexity index is 1210. The van der Waals surface area contributed by atoms with Gasteiger partial charge >= 0.3 is 0 Å². The number of hydrogen-bond donors (Lipinski definition) is 4. The van der Waals surface area contributed by atoms with Gasteiger partial charge in [0.05, 0.1) is 13.2 Å². The Kier molecular flexibility index (Phi) is 16.1. The molecule has 0 unspecified atom stereocenters. The average molecular weight is 626 g/mol. The number of nitrogens with zero attached hydrogens (tertiary/aromatic N) is 1. The Hall–Kier alpha value is -4.49. The van der Waals surface area contributed by atoms with Gasteiger partial charge in [0, 0.05) is 31.4 Å². The second kappa shape index (κ2) is 19.7. The quantitative estimate of drug-likeness (QED) is 0.205. The first-order valence-corrected chi connectivity index (χ1v) is 14.8. The molecule has 5 N–H and O–H groups in total. The lowest BCUT2D eigenvalue weighted by molar-refractivity contribution is -0.284. The molecule has 3 amide bonds. The van der Waals surface area contributed by atoms with Gasteiger partial charge in [0.2, 0.25) is 17.7 Å². The van der Waals surface area contributed by atoms with Crippen LogP contribution in [-0.2, 0) is 36.8 Å². The molecule has 0 bridgehead atoms. The average Bonchev–Trinajstić information content (AvgIpc) is 3.43. The summed E-state index contributed by atoms with van der Waals surface area (Å²) < 4.78 is 5.20. The Labute approximate surface area is 263 Å². The van der Waals surface area contributed by atoms with Crippen LogP contribution >= 0.6 is 0 Å². The molecule has 0 saturated carbocycles. The molecule has 2 aromatic rings. The van der Waals surface area contributed by atoms with Crippen LogP contribution in [0.25, 0.3) is 0 Å². The fourth-order valence-corrected chi connectivity index (χ4v) is 5.80. The highest BCUT2D eigenvalue weighted by atomic mass is 16.5. The van der Waals surface area contributed by atoms with Gasteiger partial charge in [0.25, 0.3) is 0 Å². The molecule has 2 aliphatic heterocycles. The van der Waals surface area contributed by atoms with Crippen molar-refractivity contribution in [3.05, 3.63) is 65.7 Å². The van der Waals surface area contributed by atoms with E-state index < -0.39 is 31.1 Å². The molecule has 2 aliphatic rings. The molecule has 2 saturated heterocycles. The maximum atomic E-state index is 13.9. The van der Waals surface area contributed by atoms with E-state index in [0.717, 1.165) is 36.1 Å². The van der Waals surface area contributed by atoms with Crippen LogP contribution in [0.5, 0.6) is 5.75 Å². The first-order valence-electron chi connectivity index (χ1n) is 14.8. The molecule has 2 aromatic carbocycles. The van der Waals surface area contributed by atoms with Gasteiger partial charge in [-0.1, -0.05) is 42.5 Å². The zero-order chi connectivity index (χ0) is 33.2. The number of amides is 3. The van der Waals surface area contributed by atoms with Crippen molar-refractivity contribution in [2.45, 2.75) is 62.7 Å². The number of fused-ring (bicyclic) bond motifs is 1. The second-order valence-electron chi connectivity index (χ2n) is 10.7. The molecule has 13 nitrogen and oxygen atoms in total. The van der Waals surface area contributed by atoms with Crippen molar-refractivity contribution in [3.8, 4) is 5.75 Å². The maximum absolute atomic E-state index is 13.9. The summed E-state index contributed by atoms with van der Waals surface area (Å²) in [5, 5.41) is 25.6. The molecule has 2 fully saturated rings. The van der Waals surface area contributed by atoms with Crippen LogP contribution in [0.1, 0.15) is 36.8 Å². The van der Waals surface area contributed by atoms with Crippen LogP contribution in [0.4, 0.5) is 0 Å². The molecular formula is C32H43N5O8-2. The number of carbonyl (C=O) groups excluding carboxylic acids is 5. The molecule has 0 aliphatic carbocycles. The molecule has 0 aromatic heterocycles. The van der Waals surface area contributed by atoms with Crippen molar-refractivity contribution < 1.29 is 38.9 Å². The summed E-state index contributed by atoms with van der Waals surface area (Å²) in [5.74, 6) is 0.0193. The summed E-state index contributed by atoms with van der Waals surface area (Å²) in [5.41, 5.74) is 8.21. The van der Waals surface area contributed by atoms with Gasteiger partial charge in [-0.15, -0.1) is 0 Å². The predicted molar refractivity (Wildman–Crippen MR) is 162 cm³/mol. The highest BCUT2D eigenvalue weighted by molar-refractivity contribution is 5.94. The van der Waals surface area contributed by atoms with Gasteiger partial charge in [-0.3, -0.25) is 14.4 Å². The topological polar surface area (TPSA) is 206 Å². The van der Waals surface area contributed by atoms with Crippen molar-refractivity contribution in [3.63, 3.8) is 0 Å². The number of nitrogens with two attached hydrogens (primary N) is 1. The zero-order valence-electron chi connectivity index (χ0n) is 25.7. The molecule has 45 heavy (non-hydrogen) atoms. The van der Waals surface area contributed by atoms with Crippen LogP contribution in [0.3, 0.4) is 0 Å². The number of rotatable bonds is 11. The first kappa shape index (κ1) is 36.7. The van der Waals surface area contributed by atoms with E-state index in [1.165, 1.54) is 0 Å². The van der Waals surface area contributed by atoms with Gasteiger partial charge in [-0.2, -0.15) is 0 Å². The molecule has 4 rings (SSSR count). The predicted octanol–water partition coefficient (Wildman–Crippen LogP) is -1.87. The standard InChI is InChI=1S/C30H41N5O4.2CH2O2/c1-32-25(18-21-6-4-3-5-7-21)28(36)34-27-22(19-31)10-11-23-12-15-26(35(23)30(27)38)29(37)33-17-16-20-8-13-24(39-2)14-9-20;2*2-1-3/h3-9,13-14,22-23,25-27,32H,10-12,15-19,31H2,1-2H3,(H,33,37)(H,34,36);2*1H,(H,2,3)/p-2/t22-,23+,25-,26+,27+;;/m1../s1. The number of hydrogen-bond acceptors (Lipinski definition) is 10. The van der Waals surface area contributed by atoms with E-state index in [1.807, 2.05) is 54.6 Å². The minimum atomic E-state index is -0.758. The number of carboxylic acid groups (broad SMARTS) is 2. The smallest absolute Gasteiger partial charge is 0.246 e. The summed E-state index contributed by atoms with van der Waals surface area (Å²) in [6.45, 7) is -0.234. The van der Waals surface area contributed by atoms with Crippen LogP contribution < -0.4 is 36.6 Å². The van der Waals surface area contributed by atoms with Crippen LogP contribution in [0.15, 0.2) is 54.6 Å². The van der Waals surface area contributed by atoms with Crippen molar-refractivity contribution in [1.82, 2.24) is 20.9 Å². The van der Waals surface area contributed by atoms with Gasteiger partial charge in [-0.05, 0) is 75.4 Å².